The van der Waals surface area contributed by atoms with Crippen LogP contribution in [-0.4, -0.2) is 22.4 Å². The lowest BCUT2D eigenvalue weighted by Crippen LogP contribution is -2.28. The van der Waals surface area contributed by atoms with E-state index in [1.807, 2.05) is 13.8 Å². The number of halogens is 3. The van der Waals surface area contributed by atoms with E-state index >= 15 is 0 Å². The van der Waals surface area contributed by atoms with Crippen LogP contribution in [0, 0.1) is 5.92 Å². The van der Waals surface area contributed by atoms with E-state index < -0.39 is 11.7 Å². The molecular formula is C16H17F3N4O. The highest BCUT2D eigenvalue weighted by Crippen LogP contribution is 2.30. The van der Waals surface area contributed by atoms with Crippen molar-refractivity contribution in [1.29, 1.82) is 0 Å². The van der Waals surface area contributed by atoms with Gasteiger partial charge in [-0.15, -0.1) is 0 Å². The van der Waals surface area contributed by atoms with E-state index in [-0.39, 0.29) is 11.6 Å². The SMILES string of the molecule is CC(C)CNC(=O)c1cc(Nc2ccc(C(F)(F)F)cc2)ncn1. The van der Waals surface area contributed by atoms with Gasteiger partial charge in [-0.1, -0.05) is 13.8 Å². The molecule has 8 heteroatoms. The highest BCUT2D eigenvalue weighted by atomic mass is 19.4. The zero-order valence-electron chi connectivity index (χ0n) is 13.2. The molecule has 2 N–H and O–H groups in total. The molecule has 128 valence electrons. The summed E-state index contributed by atoms with van der Waals surface area (Å²) < 4.78 is 37.6. The monoisotopic (exact) mass is 338 g/mol. The summed E-state index contributed by atoms with van der Waals surface area (Å²) in [5, 5.41) is 5.58. The number of rotatable bonds is 5. The van der Waals surface area contributed by atoms with Gasteiger partial charge >= 0.3 is 6.18 Å². The molecule has 0 aliphatic heterocycles. The molecule has 0 saturated heterocycles. The molecule has 0 unspecified atom stereocenters. The second kappa shape index (κ2) is 7.29. The van der Waals surface area contributed by atoms with E-state index in [1.165, 1.54) is 24.5 Å². The maximum Gasteiger partial charge on any atom is 0.416 e. The summed E-state index contributed by atoms with van der Waals surface area (Å²) in [6.45, 7) is 4.46. The number of nitrogens with zero attached hydrogens (tertiary/aromatic N) is 2. The first-order chi connectivity index (χ1) is 11.3. The van der Waals surface area contributed by atoms with Crippen molar-refractivity contribution in [3.05, 3.63) is 47.9 Å². The quantitative estimate of drug-likeness (QED) is 0.874. The van der Waals surface area contributed by atoms with Crippen LogP contribution in [0.3, 0.4) is 0 Å². The average molecular weight is 338 g/mol. The minimum absolute atomic E-state index is 0.181. The van der Waals surface area contributed by atoms with Crippen LogP contribution in [-0.2, 0) is 6.18 Å². The molecule has 0 fully saturated rings. The Hall–Kier alpha value is -2.64. The van der Waals surface area contributed by atoms with Crippen LogP contribution in [0.15, 0.2) is 36.7 Å². The molecule has 0 spiro atoms. The lowest BCUT2D eigenvalue weighted by atomic mass is 10.2. The molecule has 0 saturated carbocycles. The van der Waals surface area contributed by atoms with Crippen molar-refractivity contribution in [2.75, 3.05) is 11.9 Å². The van der Waals surface area contributed by atoms with Gasteiger partial charge in [-0.25, -0.2) is 9.97 Å². The maximum absolute atomic E-state index is 12.5. The summed E-state index contributed by atoms with van der Waals surface area (Å²) in [7, 11) is 0. The van der Waals surface area contributed by atoms with E-state index in [1.54, 1.807) is 0 Å². The predicted molar refractivity (Wildman–Crippen MR) is 83.9 cm³/mol. The lowest BCUT2D eigenvalue weighted by Gasteiger charge is -2.10. The fourth-order valence-electron chi connectivity index (χ4n) is 1.83. The Balaban J connectivity index is 2.08. The summed E-state index contributed by atoms with van der Waals surface area (Å²) in [5.41, 5.74) is -0.125. The highest BCUT2D eigenvalue weighted by Gasteiger charge is 2.29. The summed E-state index contributed by atoms with van der Waals surface area (Å²) in [5.74, 6) is 0.293. The first-order valence-corrected chi connectivity index (χ1v) is 7.30. The molecule has 0 atom stereocenters. The third-order valence-corrected chi connectivity index (χ3v) is 3.06. The van der Waals surface area contributed by atoms with Gasteiger partial charge in [-0.2, -0.15) is 13.2 Å². The molecule has 0 aliphatic carbocycles. The fourth-order valence-corrected chi connectivity index (χ4v) is 1.83. The Bertz CT molecular complexity index is 699. The van der Waals surface area contributed by atoms with Gasteiger partial charge < -0.3 is 10.6 Å². The number of anilines is 2. The number of hydrogen-bond acceptors (Lipinski definition) is 4. The zero-order chi connectivity index (χ0) is 17.7. The van der Waals surface area contributed by atoms with Crippen molar-refractivity contribution in [2.45, 2.75) is 20.0 Å². The molecule has 0 aliphatic rings. The fraction of sp³-hybridized carbons (Fsp3) is 0.312. The van der Waals surface area contributed by atoms with E-state index in [2.05, 4.69) is 20.6 Å². The standard InChI is InChI=1S/C16H17F3N4O/c1-10(2)8-20-15(24)13-7-14(22-9-21-13)23-12-5-3-11(4-6-12)16(17,18)19/h3-7,9-10H,8H2,1-2H3,(H,20,24)(H,21,22,23). The van der Waals surface area contributed by atoms with Gasteiger partial charge in [-0.05, 0) is 30.2 Å². The zero-order valence-corrected chi connectivity index (χ0v) is 13.2. The van der Waals surface area contributed by atoms with Crippen LogP contribution in [0.25, 0.3) is 0 Å². The summed E-state index contributed by atoms with van der Waals surface area (Å²) in [6.07, 6.45) is -3.16. The number of hydrogen-bond donors (Lipinski definition) is 2. The molecule has 1 heterocycles. The van der Waals surface area contributed by atoms with Crippen molar-refractivity contribution in [1.82, 2.24) is 15.3 Å². The maximum atomic E-state index is 12.5. The Morgan fingerprint density at radius 3 is 2.42 bits per heavy atom. The van der Waals surface area contributed by atoms with Crippen molar-refractivity contribution >= 4 is 17.4 Å². The number of aromatic nitrogens is 2. The molecule has 0 radical (unpaired) electrons. The van der Waals surface area contributed by atoms with E-state index in [0.29, 0.717) is 24.0 Å². The molecule has 0 bridgehead atoms. The van der Waals surface area contributed by atoms with Crippen LogP contribution in [0.4, 0.5) is 24.7 Å². The number of alkyl halides is 3. The second-order valence-corrected chi connectivity index (χ2v) is 5.59. The molecule has 2 aromatic rings. The molecule has 5 nitrogen and oxygen atoms in total. The average Bonchev–Trinajstić information content (AvgIpc) is 2.52. The topological polar surface area (TPSA) is 66.9 Å². The van der Waals surface area contributed by atoms with Gasteiger partial charge in [0.2, 0.25) is 0 Å². The molecule has 2 rings (SSSR count). The molecule has 1 aromatic heterocycles. The second-order valence-electron chi connectivity index (χ2n) is 5.59. The largest absolute Gasteiger partial charge is 0.416 e. The Labute approximate surface area is 137 Å². The van der Waals surface area contributed by atoms with Crippen molar-refractivity contribution in [3.63, 3.8) is 0 Å². The van der Waals surface area contributed by atoms with Gasteiger partial charge in [-0.3, -0.25) is 4.79 Å². The Kier molecular flexibility index (Phi) is 5.38. The Morgan fingerprint density at radius 2 is 1.83 bits per heavy atom. The summed E-state index contributed by atoms with van der Waals surface area (Å²) in [4.78, 5) is 19.8. The van der Waals surface area contributed by atoms with Gasteiger partial charge in [0, 0.05) is 18.3 Å². The number of amides is 1. The van der Waals surface area contributed by atoms with E-state index in [0.717, 1.165) is 12.1 Å². The van der Waals surface area contributed by atoms with Crippen LogP contribution >= 0.6 is 0 Å². The lowest BCUT2D eigenvalue weighted by molar-refractivity contribution is -0.137. The summed E-state index contributed by atoms with van der Waals surface area (Å²) in [6, 6.07) is 5.97. The van der Waals surface area contributed by atoms with Crippen LogP contribution < -0.4 is 10.6 Å². The van der Waals surface area contributed by atoms with Gasteiger partial charge in [0.25, 0.3) is 5.91 Å². The normalized spacial score (nSPS) is 11.4. The van der Waals surface area contributed by atoms with Crippen LogP contribution in [0.1, 0.15) is 29.9 Å². The molecule has 24 heavy (non-hydrogen) atoms. The number of carbonyl (C=O) groups excluding carboxylic acids is 1. The van der Waals surface area contributed by atoms with E-state index in [9.17, 15) is 18.0 Å². The predicted octanol–water partition coefficient (Wildman–Crippen LogP) is 3.62. The minimum Gasteiger partial charge on any atom is -0.350 e. The molecule has 1 amide bonds. The number of benzene rings is 1. The van der Waals surface area contributed by atoms with Crippen molar-refractivity contribution in [2.24, 2.45) is 5.92 Å². The third-order valence-electron chi connectivity index (χ3n) is 3.06. The highest BCUT2D eigenvalue weighted by molar-refractivity contribution is 5.92. The molecule has 1 aromatic carbocycles. The van der Waals surface area contributed by atoms with Gasteiger partial charge in [0.1, 0.15) is 17.8 Å². The van der Waals surface area contributed by atoms with Crippen molar-refractivity contribution < 1.29 is 18.0 Å². The van der Waals surface area contributed by atoms with Gasteiger partial charge in [0.05, 0.1) is 5.56 Å². The smallest absolute Gasteiger partial charge is 0.350 e. The van der Waals surface area contributed by atoms with Gasteiger partial charge in [0.15, 0.2) is 0 Å². The van der Waals surface area contributed by atoms with Crippen molar-refractivity contribution in [3.8, 4) is 0 Å². The van der Waals surface area contributed by atoms with Crippen LogP contribution in [0.2, 0.25) is 0 Å². The summed E-state index contributed by atoms with van der Waals surface area (Å²) >= 11 is 0. The minimum atomic E-state index is -4.38. The third kappa shape index (κ3) is 4.94. The first kappa shape index (κ1) is 17.7. The first-order valence-electron chi connectivity index (χ1n) is 7.30. The van der Waals surface area contributed by atoms with E-state index in [4.69, 9.17) is 0 Å². The number of carbonyl (C=O) groups is 1. The van der Waals surface area contributed by atoms with Crippen LogP contribution in [0.5, 0.6) is 0 Å². The molecular weight excluding hydrogens is 321 g/mol. The Morgan fingerprint density at radius 1 is 1.17 bits per heavy atom. The number of nitrogens with one attached hydrogen (secondary N) is 2.